The maximum atomic E-state index is 5.97. The molecule has 22 heavy (non-hydrogen) atoms. The molecule has 0 radical (unpaired) electrons. The normalized spacial score (nSPS) is 17.0. The number of anilines is 1. The quantitative estimate of drug-likeness (QED) is 0.724. The predicted octanol–water partition coefficient (Wildman–Crippen LogP) is 2.94. The predicted molar refractivity (Wildman–Crippen MR) is 89.0 cm³/mol. The van der Waals surface area contributed by atoms with Crippen LogP contribution in [0.2, 0.25) is 0 Å². The topological polar surface area (TPSA) is 68.2 Å². The van der Waals surface area contributed by atoms with E-state index in [0.29, 0.717) is 5.96 Å². The summed E-state index contributed by atoms with van der Waals surface area (Å²) < 4.78 is 2.10. The number of aliphatic imine (C=N–C) groups is 1. The number of nitrogens with one attached hydrogen (secondary N) is 1. The SMILES string of the molecule is Cc1ccc(C)c([C@H]2N=C(N)Nc3nc4ccccc4n32)c1. The highest BCUT2D eigenvalue weighted by atomic mass is 15.4. The lowest BCUT2D eigenvalue weighted by Gasteiger charge is -2.25. The minimum Gasteiger partial charge on any atom is -0.370 e. The van der Waals surface area contributed by atoms with Crippen LogP contribution in [0.25, 0.3) is 11.0 Å². The Kier molecular flexibility index (Phi) is 2.69. The lowest BCUT2D eigenvalue weighted by atomic mass is 10.0. The van der Waals surface area contributed by atoms with Crippen LogP contribution in [-0.2, 0) is 0 Å². The van der Waals surface area contributed by atoms with Gasteiger partial charge < -0.3 is 5.73 Å². The molecule has 2 aromatic carbocycles. The molecule has 3 N–H and O–H groups in total. The summed E-state index contributed by atoms with van der Waals surface area (Å²) >= 11 is 0. The third-order valence-electron chi connectivity index (χ3n) is 4.05. The summed E-state index contributed by atoms with van der Waals surface area (Å²) in [6.07, 6.45) is -0.191. The van der Waals surface area contributed by atoms with Crippen LogP contribution in [0.3, 0.4) is 0 Å². The van der Waals surface area contributed by atoms with Gasteiger partial charge in [0, 0.05) is 5.56 Å². The molecule has 0 aliphatic carbocycles. The van der Waals surface area contributed by atoms with Crippen molar-refractivity contribution in [3.8, 4) is 0 Å². The van der Waals surface area contributed by atoms with E-state index in [4.69, 9.17) is 5.73 Å². The lowest BCUT2D eigenvalue weighted by Crippen LogP contribution is -2.31. The molecule has 0 amide bonds. The molecule has 4 rings (SSSR count). The lowest BCUT2D eigenvalue weighted by molar-refractivity contribution is 0.622. The molecule has 2 heterocycles. The van der Waals surface area contributed by atoms with Gasteiger partial charge in [-0.2, -0.15) is 0 Å². The second-order valence-electron chi connectivity index (χ2n) is 5.67. The van der Waals surface area contributed by atoms with Gasteiger partial charge in [0.15, 0.2) is 12.1 Å². The minimum atomic E-state index is -0.191. The first-order chi connectivity index (χ1) is 10.6. The molecule has 5 nitrogen and oxygen atoms in total. The maximum Gasteiger partial charge on any atom is 0.212 e. The van der Waals surface area contributed by atoms with Crippen molar-refractivity contribution in [1.29, 1.82) is 0 Å². The number of guanidine groups is 1. The van der Waals surface area contributed by atoms with E-state index in [0.717, 1.165) is 22.5 Å². The van der Waals surface area contributed by atoms with Crippen LogP contribution >= 0.6 is 0 Å². The number of rotatable bonds is 1. The van der Waals surface area contributed by atoms with Crippen LogP contribution in [0.5, 0.6) is 0 Å². The van der Waals surface area contributed by atoms with Gasteiger partial charge in [-0.15, -0.1) is 0 Å². The second kappa shape index (κ2) is 4.59. The van der Waals surface area contributed by atoms with Crippen molar-refractivity contribution < 1.29 is 0 Å². The zero-order valence-electron chi connectivity index (χ0n) is 12.5. The van der Waals surface area contributed by atoms with Crippen molar-refractivity contribution in [2.24, 2.45) is 10.7 Å². The van der Waals surface area contributed by atoms with Gasteiger partial charge in [-0.05, 0) is 31.5 Å². The van der Waals surface area contributed by atoms with Gasteiger partial charge in [0.05, 0.1) is 11.0 Å². The molecule has 1 aliphatic rings. The second-order valence-corrected chi connectivity index (χ2v) is 5.67. The third-order valence-corrected chi connectivity index (χ3v) is 4.05. The molecule has 3 aromatic rings. The van der Waals surface area contributed by atoms with E-state index < -0.39 is 0 Å². The number of para-hydroxylation sites is 2. The molecule has 0 fully saturated rings. The number of benzene rings is 2. The Morgan fingerprint density at radius 1 is 1.14 bits per heavy atom. The molecule has 0 saturated heterocycles. The van der Waals surface area contributed by atoms with Crippen molar-refractivity contribution >= 4 is 22.9 Å². The Hall–Kier alpha value is -2.82. The fourth-order valence-corrected chi connectivity index (χ4v) is 2.96. The van der Waals surface area contributed by atoms with Gasteiger partial charge in [0.25, 0.3) is 0 Å². The molecule has 0 spiro atoms. The van der Waals surface area contributed by atoms with E-state index in [2.05, 4.69) is 58.0 Å². The van der Waals surface area contributed by atoms with Crippen LogP contribution in [0, 0.1) is 13.8 Å². The van der Waals surface area contributed by atoms with Crippen molar-refractivity contribution in [3.05, 3.63) is 59.2 Å². The molecule has 110 valence electrons. The third kappa shape index (κ3) is 1.86. The highest BCUT2D eigenvalue weighted by Gasteiger charge is 2.25. The number of nitrogens with two attached hydrogens (primary N) is 1. The standard InChI is InChI=1S/C17H17N5/c1-10-7-8-11(2)12(9-10)15-20-16(18)21-17-19-13-5-3-4-6-14(13)22(15)17/h3-9,15H,1-2H3,(H3,18,19,20,21)/t15-/m0/s1. The zero-order valence-corrected chi connectivity index (χ0v) is 12.5. The van der Waals surface area contributed by atoms with Crippen LogP contribution in [0.1, 0.15) is 22.9 Å². The Morgan fingerprint density at radius 3 is 2.82 bits per heavy atom. The highest BCUT2D eigenvalue weighted by Crippen LogP contribution is 2.33. The number of hydrogen-bond acceptors (Lipinski definition) is 4. The van der Waals surface area contributed by atoms with Gasteiger partial charge in [0.2, 0.25) is 5.95 Å². The minimum absolute atomic E-state index is 0.191. The van der Waals surface area contributed by atoms with Gasteiger partial charge >= 0.3 is 0 Å². The van der Waals surface area contributed by atoms with E-state index in [9.17, 15) is 0 Å². The van der Waals surface area contributed by atoms with Gasteiger partial charge in [-0.3, -0.25) is 9.88 Å². The number of imidazole rings is 1. The molecule has 1 atom stereocenters. The smallest absolute Gasteiger partial charge is 0.212 e. The Bertz CT molecular complexity index is 907. The number of hydrogen-bond donors (Lipinski definition) is 2. The van der Waals surface area contributed by atoms with Crippen LogP contribution in [-0.4, -0.2) is 15.5 Å². The average molecular weight is 291 g/mol. The van der Waals surface area contributed by atoms with E-state index >= 15 is 0 Å². The largest absolute Gasteiger partial charge is 0.370 e. The Morgan fingerprint density at radius 2 is 1.95 bits per heavy atom. The first kappa shape index (κ1) is 12.9. The van der Waals surface area contributed by atoms with Gasteiger partial charge in [0.1, 0.15) is 0 Å². The molecule has 0 bridgehead atoms. The number of aryl methyl sites for hydroxylation is 2. The first-order valence-electron chi connectivity index (χ1n) is 7.28. The Balaban J connectivity index is 2.00. The first-order valence-corrected chi connectivity index (χ1v) is 7.28. The molecule has 1 aliphatic heterocycles. The Labute approximate surface area is 128 Å². The van der Waals surface area contributed by atoms with E-state index in [-0.39, 0.29) is 6.17 Å². The van der Waals surface area contributed by atoms with Gasteiger partial charge in [-0.1, -0.05) is 35.9 Å². The van der Waals surface area contributed by atoms with Crippen LogP contribution < -0.4 is 11.1 Å². The molecular weight excluding hydrogens is 274 g/mol. The molecule has 0 saturated carbocycles. The van der Waals surface area contributed by atoms with Crippen molar-refractivity contribution in [3.63, 3.8) is 0 Å². The molecule has 1 aromatic heterocycles. The summed E-state index contributed by atoms with van der Waals surface area (Å²) in [5.74, 6) is 1.13. The number of nitrogens with zero attached hydrogens (tertiary/aromatic N) is 3. The fraction of sp³-hybridized carbons (Fsp3) is 0.176. The highest BCUT2D eigenvalue weighted by molar-refractivity contribution is 5.94. The summed E-state index contributed by atoms with van der Waals surface area (Å²) in [5, 5.41) is 3.06. The molecule has 0 unspecified atom stereocenters. The number of fused-ring (bicyclic) bond motifs is 3. The van der Waals surface area contributed by atoms with E-state index in [1.54, 1.807) is 0 Å². The van der Waals surface area contributed by atoms with Crippen molar-refractivity contribution in [2.45, 2.75) is 20.0 Å². The fourth-order valence-electron chi connectivity index (χ4n) is 2.96. The summed E-state index contributed by atoms with van der Waals surface area (Å²) in [4.78, 5) is 9.25. The molecule has 5 heteroatoms. The van der Waals surface area contributed by atoms with Crippen LogP contribution in [0.15, 0.2) is 47.5 Å². The monoisotopic (exact) mass is 291 g/mol. The van der Waals surface area contributed by atoms with Crippen LogP contribution in [0.4, 0.5) is 5.95 Å². The van der Waals surface area contributed by atoms with Crippen molar-refractivity contribution in [2.75, 3.05) is 5.32 Å². The summed E-state index contributed by atoms with van der Waals surface area (Å²) in [7, 11) is 0. The molecular formula is C17H17N5. The van der Waals surface area contributed by atoms with Gasteiger partial charge in [-0.25, -0.2) is 9.98 Å². The van der Waals surface area contributed by atoms with E-state index in [1.165, 1.54) is 11.1 Å². The zero-order chi connectivity index (χ0) is 15.3. The summed E-state index contributed by atoms with van der Waals surface area (Å²) in [6.45, 7) is 4.19. The van der Waals surface area contributed by atoms with E-state index in [1.807, 2.05) is 18.2 Å². The maximum absolute atomic E-state index is 5.97. The van der Waals surface area contributed by atoms with Crippen molar-refractivity contribution in [1.82, 2.24) is 9.55 Å². The summed E-state index contributed by atoms with van der Waals surface area (Å²) in [5.41, 5.74) is 11.5. The summed E-state index contributed by atoms with van der Waals surface area (Å²) in [6, 6.07) is 14.5. The average Bonchev–Trinajstić information content (AvgIpc) is 2.87. The number of aromatic nitrogens is 2.